The van der Waals surface area contributed by atoms with Crippen LogP contribution in [-0.2, 0) is 22.4 Å². The molecule has 0 aliphatic carbocycles. The molecule has 0 bridgehead atoms. The normalized spacial score (nSPS) is 11.4. The fourth-order valence-corrected chi connectivity index (χ4v) is 3.43. The molecule has 2 N–H and O–H groups in total. The summed E-state index contributed by atoms with van der Waals surface area (Å²) in [5, 5.41) is 6.91. The lowest BCUT2D eigenvalue weighted by atomic mass is 9.99. The summed E-state index contributed by atoms with van der Waals surface area (Å²) in [7, 11) is 3.32. The van der Waals surface area contributed by atoms with Gasteiger partial charge in [-0.05, 0) is 85.3 Å². The minimum atomic E-state index is -4.38. The van der Waals surface area contributed by atoms with Crippen molar-refractivity contribution >= 4 is 11.9 Å². The van der Waals surface area contributed by atoms with Crippen molar-refractivity contribution in [3.05, 3.63) is 57.6 Å². The smallest absolute Gasteiger partial charge is 0.520 e. The maximum absolute atomic E-state index is 12.1. The second-order valence-corrected chi connectivity index (χ2v) is 8.94. The van der Waals surface area contributed by atoms with Gasteiger partial charge in [-0.3, -0.25) is 4.79 Å². The highest BCUT2D eigenvalue weighted by molar-refractivity contribution is 5.79. The summed E-state index contributed by atoms with van der Waals surface area (Å²) in [5.74, 6) is -0.507. The van der Waals surface area contributed by atoms with Crippen molar-refractivity contribution in [2.75, 3.05) is 27.3 Å². The van der Waals surface area contributed by atoms with Gasteiger partial charge < -0.3 is 19.5 Å². The molecule has 6 nitrogen and oxygen atoms in total. The van der Waals surface area contributed by atoms with Crippen molar-refractivity contribution in [3.8, 4) is 11.5 Å². The molecule has 2 aromatic carbocycles. The molecule has 38 heavy (non-hydrogen) atoms. The van der Waals surface area contributed by atoms with E-state index >= 15 is 0 Å². The number of hydrogen-bond donors (Lipinski definition) is 0. The summed E-state index contributed by atoms with van der Waals surface area (Å²) in [6.45, 7) is 4.19. The molecular weight excluding hydrogens is 520 g/mol. The topological polar surface area (TPSA) is 78.7 Å². The Balaban J connectivity index is 0.000000382. The van der Waals surface area contributed by atoms with Crippen LogP contribution in [0.5, 0.6) is 11.5 Å². The third-order valence-electron chi connectivity index (χ3n) is 5.31. The Bertz CT molecular complexity index is 1080. The molecule has 2 rings (SSSR count). The number of hydrogen-bond acceptors (Lipinski definition) is 4. The third kappa shape index (κ3) is 11.7. The average Bonchev–Trinajstić information content (AvgIpc) is 2.75. The van der Waals surface area contributed by atoms with Gasteiger partial charge in [0.15, 0.2) is 13.2 Å². The van der Waals surface area contributed by atoms with Crippen LogP contribution < -0.4 is 9.47 Å². The number of nitrogens with zero attached hydrogens (tertiary/aromatic N) is 1. The predicted octanol–water partition coefficient (Wildman–Crippen LogP) is 4.91. The molecule has 0 aliphatic rings. The molecular formula is C26H32F6NO5+. The van der Waals surface area contributed by atoms with Gasteiger partial charge in [-0.1, -0.05) is 0 Å². The number of ether oxygens (including phenoxy) is 2. The van der Waals surface area contributed by atoms with Gasteiger partial charge in [0.1, 0.15) is 17.9 Å². The van der Waals surface area contributed by atoms with Crippen molar-refractivity contribution in [2.45, 2.75) is 52.9 Å². The number of amides is 1. The monoisotopic (exact) mass is 552 g/mol. The molecule has 0 fully saturated rings. The summed E-state index contributed by atoms with van der Waals surface area (Å²) in [6.07, 6.45) is -8.56. The van der Waals surface area contributed by atoms with E-state index in [-0.39, 0.29) is 30.2 Å². The zero-order chi connectivity index (χ0) is 29.4. The van der Waals surface area contributed by atoms with E-state index in [1.54, 1.807) is 41.8 Å². The van der Waals surface area contributed by atoms with E-state index in [2.05, 4.69) is 4.74 Å². The Morgan fingerprint density at radius 2 is 1.03 bits per heavy atom. The van der Waals surface area contributed by atoms with Crippen molar-refractivity contribution in [2.24, 2.45) is 0 Å². The molecule has 0 unspecified atom stereocenters. The lowest BCUT2D eigenvalue weighted by Crippen LogP contribution is -2.24. The lowest BCUT2D eigenvalue weighted by molar-refractivity contribution is -0.154. The molecule has 0 spiro atoms. The number of aryl methyl sites for hydroxylation is 4. The first-order valence-electron chi connectivity index (χ1n) is 11.3. The second-order valence-electron chi connectivity index (χ2n) is 8.94. The zero-order valence-corrected chi connectivity index (χ0v) is 22.0. The highest BCUT2D eigenvalue weighted by Crippen LogP contribution is 2.26. The standard InChI is InChI=1S/C14H18F3NO2.C12H13F3O3/c1-9-5-11(20-8-14(15,16)17)6-10(2)12(9)7-13(19)18(3)4;1-7-3-9(18-6-12(13,14)15)4-8(2)10(7)5-11(16)17/h5-6H,7-8H2,1-4H3;3-4H,5-6H2,1-2H3,(H,16,17)/p+1. The van der Waals surface area contributed by atoms with Crippen molar-refractivity contribution in [1.29, 1.82) is 0 Å². The summed E-state index contributed by atoms with van der Waals surface area (Å²) in [6, 6.07) is 5.93. The Morgan fingerprint density at radius 1 is 0.711 bits per heavy atom. The fraction of sp³-hybridized carbons (Fsp3) is 0.462. The van der Waals surface area contributed by atoms with Gasteiger partial charge in [0.05, 0.1) is 6.42 Å². The molecule has 0 heterocycles. The van der Waals surface area contributed by atoms with Crippen LogP contribution in [-0.4, -0.2) is 61.5 Å². The van der Waals surface area contributed by atoms with Crippen LogP contribution in [0.4, 0.5) is 26.3 Å². The van der Waals surface area contributed by atoms with E-state index in [0.29, 0.717) is 16.7 Å². The van der Waals surface area contributed by atoms with Gasteiger partial charge in [-0.15, -0.1) is 0 Å². The largest absolute Gasteiger partial charge is 0.564 e. The van der Waals surface area contributed by atoms with Gasteiger partial charge in [0.25, 0.3) is 0 Å². The molecule has 0 radical (unpaired) electrons. The van der Waals surface area contributed by atoms with Crippen LogP contribution in [0.15, 0.2) is 24.3 Å². The minimum Gasteiger partial charge on any atom is -0.564 e. The van der Waals surface area contributed by atoms with E-state index in [1.165, 1.54) is 29.2 Å². The SMILES string of the molecule is Cc1cc(OCC(F)(F)F)cc(C)c1CC(=O)N(C)C.Cc1cc(OCC(F)(F)F)cc(C)c1CC(=O)[OH2+]. The predicted molar refractivity (Wildman–Crippen MR) is 130 cm³/mol. The Kier molecular flexibility index (Phi) is 11.5. The van der Waals surface area contributed by atoms with E-state index < -0.39 is 31.5 Å². The van der Waals surface area contributed by atoms with Crippen molar-refractivity contribution in [1.82, 2.24) is 4.90 Å². The lowest BCUT2D eigenvalue weighted by Gasteiger charge is -2.16. The number of benzene rings is 2. The minimum absolute atomic E-state index is 0.0444. The summed E-state index contributed by atoms with van der Waals surface area (Å²) in [5.41, 5.74) is 4.27. The first-order chi connectivity index (χ1) is 17.3. The second kappa shape index (κ2) is 13.4. The maximum Gasteiger partial charge on any atom is 0.520 e. The van der Waals surface area contributed by atoms with E-state index in [0.717, 1.165) is 16.7 Å². The van der Waals surface area contributed by atoms with Crippen LogP contribution >= 0.6 is 0 Å². The molecule has 2 aromatic rings. The Labute approximate surface area is 217 Å². The summed E-state index contributed by atoms with van der Waals surface area (Å²) < 4.78 is 81.7. The van der Waals surface area contributed by atoms with Crippen LogP contribution in [0, 0.1) is 27.7 Å². The molecule has 0 aliphatic heterocycles. The highest BCUT2D eigenvalue weighted by Gasteiger charge is 2.29. The third-order valence-corrected chi connectivity index (χ3v) is 5.31. The van der Waals surface area contributed by atoms with E-state index in [4.69, 9.17) is 9.84 Å². The number of alkyl halides is 6. The number of carbonyl (C=O) groups excluding carboxylic acids is 2. The van der Waals surface area contributed by atoms with E-state index in [9.17, 15) is 35.9 Å². The van der Waals surface area contributed by atoms with Crippen LogP contribution in [0.1, 0.15) is 33.4 Å². The quantitative estimate of drug-likeness (QED) is 0.344. The number of likely N-dealkylation sites (N-methyl/N-ethyl adjacent to an activating group) is 1. The first-order valence-corrected chi connectivity index (χ1v) is 11.3. The van der Waals surface area contributed by atoms with Gasteiger partial charge in [-0.25, -0.2) is 0 Å². The zero-order valence-electron chi connectivity index (χ0n) is 22.0. The summed E-state index contributed by atoms with van der Waals surface area (Å²) >= 11 is 0. The van der Waals surface area contributed by atoms with Gasteiger partial charge in [0.2, 0.25) is 5.91 Å². The van der Waals surface area contributed by atoms with E-state index in [1.807, 2.05) is 0 Å². The van der Waals surface area contributed by atoms with Gasteiger partial charge in [-0.2, -0.15) is 26.3 Å². The molecule has 12 heteroatoms. The highest BCUT2D eigenvalue weighted by atomic mass is 19.4. The number of carbonyl (C=O) groups is 2. The van der Waals surface area contributed by atoms with Crippen LogP contribution in [0.3, 0.4) is 0 Å². The molecule has 0 aromatic heterocycles. The molecule has 212 valence electrons. The van der Waals surface area contributed by atoms with Crippen LogP contribution in [0.2, 0.25) is 0 Å². The Hall–Kier alpha value is -3.44. The Morgan fingerprint density at radius 3 is 1.29 bits per heavy atom. The first kappa shape index (κ1) is 32.6. The molecule has 0 saturated carbocycles. The maximum atomic E-state index is 12.1. The fourth-order valence-electron chi connectivity index (χ4n) is 3.43. The molecule has 1 amide bonds. The summed E-state index contributed by atoms with van der Waals surface area (Å²) in [4.78, 5) is 23.9. The van der Waals surface area contributed by atoms with Gasteiger partial charge in [0, 0.05) is 18.9 Å². The average molecular weight is 553 g/mol. The number of rotatable bonds is 8. The van der Waals surface area contributed by atoms with Crippen molar-refractivity contribution < 1.29 is 50.5 Å². The molecule has 0 atom stereocenters. The van der Waals surface area contributed by atoms with Gasteiger partial charge >= 0.3 is 18.3 Å². The van der Waals surface area contributed by atoms with Crippen molar-refractivity contribution in [3.63, 3.8) is 0 Å². The molecule has 0 saturated heterocycles. The number of halogens is 6. The van der Waals surface area contributed by atoms with Crippen LogP contribution in [0.25, 0.3) is 0 Å².